The van der Waals surface area contributed by atoms with Gasteiger partial charge in [-0.25, -0.2) is 0 Å². The van der Waals surface area contributed by atoms with Crippen molar-refractivity contribution in [1.29, 1.82) is 0 Å². The van der Waals surface area contributed by atoms with Gasteiger partial charge in [0.25, 0.3) is 0 Å². The SMILES string of the molecule is CC1CCN(CCC(C)c2ccccc2)CCC(C)N1. The number of nitrogens with one attached hydrogen (secondary N) is 1. The summed E-state index contributed by atoms with van der Waals surface area (Å²) in [5.74, 6) is 0.662. The minimum Gasteiger partial charge on any atom is -0.312 e. The molecule has 1 aliphatic heterocycles. The monoisotopic (exact) mass is 274 g/mol. The lowest BCUT2D eigenvalue weighted by Gasteiger charge is -2.31. The zero-order valence-electron chi connectivity index (χ0n) is 13.3. The van der Waals surface area contributed by atoms with E-state index in [1.165, 1.54) is 44.5 Å². The summed E-state index contributed by atoms with van der Waals surface area (Å²) in [6.45, 7) is 10.7. The molecule has 1 aromatic carbocycles. The maximum Gasteiger partial charge on any atom is 0.00533 e. The smallest absolute Gasteiger partial charge is 0.00533 e. The molecule has 1 saturated heterocycles. The fourth-order valence-electron chi connectivity index (χ4n) is 3.06. The van der Waals surface area contributed by atoms with Crippen LogP contribution >= 0.6 is 0 Å². The third-order valence-electron chi connectivity index (χ3n) is 4.57. The predicted octanol–water partition coefficient (Wildman–Crippen LogP) is 3.64. The molecule has 0 spiro atoms. The van der Waals surface area contributed by atoms with Crippen LogP contribution in [0.4, 0.5) is 0 Å². The summed E-state index contributed by atoms with van der Waals surface area (Å²) in [6, 6.07) is 12.2. The summed E-state index contributed by atoms with van der Waals surface area (Å²) in [4.78, 5) is 2.66. The van der Waals surface area contributed by atoms with Gasteiger partial charge in [-0.15, -0.1) is 0 Å². The molecule has 1 aliphatic rings. The van der Waals surface area contributed by atoms with Gasteiger partial charge in [0, 0.05) is 12.1 Å². The van der Waals surface area contributed by atoms with Crippen LogP contribution in [0.25, 0.3) is 0 Å². The maximum atomic E-state index is 3.67. The highest BCUT2D eigenvalue weighted by atomic mass is 15.1. The molecule has 0 bridgehead atoms. The van der Waals surface area contributed by atoms with Crippen molar-refractivity contribution in [3.05, 3.63) is 35.9 Å². The second-order valence-corrected chi connectivity index (χ2v) is 6.49. The van der Waals surface area contributed by atoms with Crippen molar-refractivity contribution in [3.63, 3.8) is 0 Å². The van der Waals surface area contributed by atoms with Crippen LogP contribution in [0.2, 0.25) is 0 Å². The van der Waals surface area contributed by atoms with E-state index in [0.717, 1.165) is 0 Å². The highest BCUT2D eigenvalue weighted by Gasteiger charge is 2.16. The lowest BCUT2D eigenvalue weighted by molar-refractivity contribution is 0.213. The van der Waals surface area contributed by atoms with Gasteiger partial charge in [0.1, 0.15) is 0 Å². The van der Waals surface area contributed by atoms with Crippen LogP contribution in [0.15, 0.2) is 30.3 Å². The summed E-state index contributed by atoms with van der Waals surface area (Å²) >= 11 is 0. The van der Waals surface area contributed by atoms with Crippen molar-refractivity contribution in [2.45, 2.75) is 58.0 Å². The second kappa shape index (κ2) is 7.80. The third kappa shape index (κ3) is 4.92. The van der Waals surface area contributed by atoms with Crippen molar-refractivity contribution in [3.8, 4) is 0 Å². The fraction of sp³-hybridized carbons (Fsp3) is 0.667. The van der Waals surface area contributed by atoms with Gasteiger partial charge in [-0.1, -0.05) is 37.3 Å². The lowest BCUT2D eigenvalue weighted by atomic mass is 9.97. The Balaban J connectivity index is 1.80. The van der Waals surface area contributed by atoms with Gasteiger partial charge >= 0.3 is 0 Å². The zero-order valence-corrected chi connectivity index (χ0v) is 13.3. The number of hydrogen-bond donors (Lipinski definition) is 1. The Hall–Kier alpha value is -0.860. The van der Waals surface area contributed by atoms with E-state index in [2.05, 4.69) is 61.3 Å². The minimum atomic E-state index is 0.652. The molecule has 3 unspecified atom stereocenters. The molecule has 1 aromatic rings. The molecular weight excluding hydrogens is 244 g/mol. The first kappa shape index (κ1) is 15.5. The van der Waals surface area contributed by atoms with Crippen LogP contribution in [0, 0.1) is 0 Å². The van der Waals surface area contributed by atoms with Crippen LogP contribution in [-0.4, -0.2) is 36.6 Å². The molecule has 1 N–H and O–H groups in total. The summed E-state index contributed by atoms with van der Waals surface area (Å²) < 4.78 is 0. The summed E-state index contributed by atoms with van der Waals surface area (Å²) in [6.07, 6.45) is 3.80. The Morgan fingerprint density at radius 1 is 1.10 bits per heavy atom. The Morgan fingerprint density at radius 2 is 1.70 bits per heavy atom. The predicted molar refractivity (Wildman–Crippen MR) is 87.2 cm³/mol. The molecule has 1 fully saturated rings. The minimum absolute atomic E-state index is 0.652. The van der Waals surface area contributed by atoms with Crippen LogP contribution < -0.4 is 5.32 Å². The molecule has 1 heterocycles. The van der Waals surface area contributed by atoms with E-state index in [0.29, 0.717) is 18.0 Å². The Labute approximate surface area is 124 Å². The molecule has 0 saturated carbocycles. The Bertz CT molecular complexity index is 364. The number of benzene rings is 1. The molecule has 3 atom stereocenters. The zero-order chi connectivity index (χ0) is 14.4. The lowest BCUT2D eigenvalue weighted by Crippen LogP contribution is -2.43. The highest BCUT2D eigenvalue weighted by Crippen LogP contribution is 2.19. The molecule has 20 heavy (non-hydrogen) atoms. The van der Waals surface area contributed by atoms with E-state index in [4.69, 9.17) is 0 Å². The van der Waals surface area contributed by atoms with Gasteiger partial charge in [-0.2, -0.15) is 0 Å². The van der Waals surface area contributed by atoms with E-state index in [1.54, 1.807) is 0 Å². The standard InChI is InChI=1S/C18H30N2/c1-15(18-7-5-4-6-8-18)9-12-20-13-10-16(2)19-17(3)11-14-20/h4-8,15-17,19H,9-14H2,1-3H3. The fourth-order valence-corrected chi connectivity index (χ4v) is 3.06. The van der Waals surface area contributed by atoms with E-state index in [9.17, 15) is 0 Å². The van der Waals surface area contributed by atoms with Crippen LogP contribution in [0.5, 0.6) is 0 Å². The van der Waals surface area contributed by atoms with Crippen molar-refractivity contribution in [2.24, 2.45) is 0 Å². The third-order valence-corrected chi connectivity index (χ3v) is 4.57. The molecule has 0 radical (unpaired) electrons. The Kier molecular flexibility index (Phi) is 6.06. The first-order valence-electron chi connectivity index (χ1n) is 8.18. The first-order valence-corrected chi connectivity index (χ1v) is 8.18. The van der Waals surface area contributed by atoms with E-state index >= 15 is 0 Å². The summed E-state index contributed by atoms with van der Waals surface area (Å²) in [5.41, 5.74) is 1.47. The Morgan fingerprint density at radius 3 is 2.30 bits per heavy atom. The molecule has 2 rings (SSSR count). The second-order valence-electron chi connectivity index (χ2n) is 6.49. The first-order chi connectivity index (χ1) is 9.65. The van der Waals surface area contributed by atoms with Crippen LogP contribution in [0.1, 0.15) is 51.5 Å². The van der Waals surface area contributed by atoms with Gasteiger partial charge in [0.05, 0.1) is 0 Å². The molecule has 2 heteroatoms. The van der Waals surface area contributed by atoms with Gasteiger partial charge in [-0.05, 0) is 64.2 Å². The number of rotatable bonds is 4. The van der Waals surface area contributed by atoms with Gasteiger partial charge < -0.3 is 10.2 Å². The molecule has 0 aliphatic carbocycles. The van der Waals surface area contributed by atoms with Crippen molar-refractivity contribution in [1.82, 2.24) is 10.2 Å². The van der Waals surface area contributed by atoms with Gasteiger partial charge in [0.2, 0.25) is 0 Å². The van der Waals surface area contributed by atoms with Gasteiger partial charge in [0.15, 0.2) is 0 Å². The van der Waals surface area contributed by atoms with Crippen molar-refractivity contribution >= 4 is 0 Å². The summed E-state index contributed by atoms with van der Waals surface area (Å²) in [5, 5.41) is 3.67. The van der Waals surface area contributed by atoms with E-state index in [-0.39, 0.29) is 0 Å². The molecular formula is C18H30N2. The van der Waals surface area contributed by atoms with E-state index < -0.39 is 0 Å². The largest absolute Gasteiger partial charge is 0.312 e. The summed E-state index contributed by atoms with van der Waals surface area (Å²) in [7, 11) is 0. The average Bonchev–Trinajstić information content (AvgIpc) is 2.45. The van der Waals surface area contributed by atoms with Crippen molar-refractivity contribution < 1.29 is 0 Å². The van der Waals surface area contributed by atoms with Crippen molar-refractivity contribution in [2.75, 3.05) is 19.6 Å². The normalized spacial score (nSPS) is 26.8. The number of hydrogen-bond acceptors (Lipinski definition) is 2. The molecule has 0 aromatic heterocycles. The maximum absolute atomic E-state index is 3.67. The topological polar surface area (TPSA) is 15.3 Å². The molecule has 2 nitrogen and oxygen atoms in total. The van der Waals surface area contributed by atoms with Gasteiger partial charge in [-0.3, -0.25) is 0 Å². The highest BCUT2D eigenvalue weighted by molar-refractivity contribution is 5.18. The molecule has 112 valence electrons. The van der Waals surface area contributed by atoms with E-state index in [1.807, 2.05) is 0 Å². The number of nitrogens with zero attached hydrogens (tertiary/aromatic N) is 1. The van der Waals surface area contributed by atoms with Crippen LogP contribution in [0.3, 0.4) is 0 Å². The molecule has 0 amide bonds. The average molecular weight is 274 g/mol. The quantitative estimate of drug-likeness (QED) is 0.901. The van der Waals surface area contributed by atoms with Crippen LogP contribution in [-0.2, 0) is 0 Å².